The van der Waals surface area contributed by atoms with E-state index < -0.39 is 0 Å². The largest absolute Gasteiger partial charge is 0.394 e. The Balaban J connectivity index is 2.84. The first-order valence-corrected chi connectivity index (χ1v) is 5.33. The molecule has 0 aliphatic rings. The van der Waals surface area contributed by atoms with Crippen molar-refractivity contribution in [3.63, 3.8) is 0 Å². The Morgan fingerprint density at radius 3 is 2.81 bits per heavy atom. The fraction of sp³-hybridized carbons (Fsp3) is 0.600. The van der Waals surface area contributed by atoms with Crippen molar-refractivity contribution in [3.05, 3.63) is 6.20 Å². The number of nitrogen functional groups attached to an aromatic ring is 1. The molecular weight excluding hydrogens is 206 g/mol. The normalized spacial score (nSPS) is 10.2. The summed E-state index contributed by atoms with van der Waals surface area (Å²) >= 11 is 0. The molecule has 1 amide bonds. The summed E-state index contributed by atoms with van der Waals surface area (Å²) in [6, 6.07) is 0. The third-order valence-corrected chi connectivity index (χ3v) is 2.24. The van der Waals surface area contributed by atoms with Crippen molar-refractivity contribution in [2.75, 3.05) is 30.8 Å². The molecule has 0 aliphatic carbocycles. The minimum absolute atomic E-state index is 0.0431. The number of nitrogens with one attached hydrogen (secondary N) is 1. The molecule has 0 unspecified atom stereocenters. The molecule has 1 heterocycles. The van der Waals surface area contributed by atoms with E-state index in [4.69, 9.17) is 5.73 Å². The summed E-state index contributed by atoms with van der Waals surface area (Å²) in [5, 5.41) is 6.85. The SMILES string of the molecule is CCCN(CC(=O)NC)c1nn(C)cc1N. The van der Waals surface area contributed by atoms with E-state index in [-0.39, 0.29) is 12.5 Å². The van der Waals surface area contributed by atoms with Crippen molar-refractivity contribution in [2.24, 2.45) is 7.05 Å². The van der Waals surface area contributed by atoms with Crippen LogP contribution in [0.1, 0.15) is 13.3 Å². The molecule has 1 aromatic rings. The summed E-state index contributed by atoms with van der Waals surface area (Å²) in [5.41, 5.74) is 6.43. The fourth-order valence-electron chi connectivity index (χ4n) is 1.52. The van der Waals surface area contributed by atoms with Gasteiger partial charge < -0.3 is 16.0 Å². The van der Waals surface area contributed by atoms with Crippen LogP contribution in [0.15, 0.2) is 6.20 Å². The first-order valence-electron chi connectivity index (χ1n) is 5.33. The predicted octanol–water partition coefficient (Wildman–Crippen LogP) is -0.0353. The summed E-state index contributed by atoms with van der Waals surface area (Å²) in [6.45, 7) is 3.09. The van der Waals surface area contributed by atoms with E-state index in [9.17, 15) is 4.79 Å². The van der Waals surface area contributed by atoms with Gasteiger partial charge in [0.05, 0.1) is 12.2 Å². The quantitative estimate of drug-likeness (QED) is 0.737. The van der Waals surface area contributed by atoms with Crippen LogP contribution >= 0.6 is 0 Å². The van der Waals surface area contributed by atoms with Gasteiger partial charge in [0.15, 0.2) is 5.82 Å². The minimum atomic E-state index is -0.0431. The van der Waals surface area contributed by atoms with Gasteiger partial charge in [-0.15, -0.1) is 0 Å². The topological polar surface area (TPSA) is 76.2 Å². The number of carbonyl (C=O) groups is 1. The summed E-state index contributed by atoms with van der Waals surface area (Å²) in [7, 11) is 3.43. The number of carbonyl (C=O) groups excluding carboxylic acids is 1. The number of hydrogen-bond donors (Lipinski definition) is 2. The van der Waals surface area contributed by atoms with Crippen molar-refractivity contribution in [1.82, 2.24) is 15.1 Å². The molecule has 16 heavy (non-hydrogen) atoms. The zero-order valence-corrected chi connectivity index (χ0v) is 10.0. The molecule has 0 fully saturated rings. The fourth-order valence-corrected chi connectivity index (χ4v) is 1.52. The van der Waals surface area contributed by atoms with Gasteiger partial charge in [-0.25, -0.2) is 0 Å². The molecule has 0 aromatic carbocycles. The van der Waals surface area contributed by atoms with Gasteiger partial charge in [0.2, 0.25) is 5.91 Å². The van der Waals surface area contributed by atoms with Crippen molar-refractivity contribution in [2.45, 2.75) is 13.3 Å². The number of amides is 1. The van der Waals surface area contributed by atoms with E-state index >= 15 is 0 Å². The summed E-state index contributed by atoms with van der Waals surface area (Å²) in [4.78, 5) is 13.2. The number of anilines is 2. The second kappa shape index (κ2) is 5.39. The molecule has 0 saturated heterocycles. The first kappa shape index (κ1) is 12.4. The van der Waals surface area contributed by atoms with Gasteiger partial charge in [0, 0.05) is 26.8 Å². The molecule has 0 saturated carbocycles. The van der Waals surface area contributed by atoms with Crippen LogP contribution in [0.3, 0.4) is 0 Å². The average Bonchev–Trinajstić information content (AvgIpc) is 2.57. The minimum Gasteiger partial charge on any atom is -0.394 e. The van der Waals surface area contributed by atoms with E-state index in [1.54, 1.807) is 17.9 Å². The number of likely N-dealkylation sites (N-methyl/N-ethyl adjacent to an activating group) is 1. The second-order valence-electron chi connectivity index (χ2n) is 3.68. The lowest BCUT2D eigenvalue weighted by Crippen LogP contribution is -2.36. The highest BCUT2D eigenvalue weighted by molar-refractivity contribution is 5.81. The van der Waals surface area contributed by atoms with Gasteiger partial charge in [0.25, 0.3) is 0 Å². The van der Waals surface area contributed by atoms with Gasteiger partial charge in [0.1, 0.15) is 0 Å². The van der Waals surface area contributed by atoms with Gasteiger partial charge in [-0.05, 0) is 6.42 Å². The van der Waals surface area contributed by atoms with E-state index in [1.165, 1.54) is 0 Å². The number of rotatable bonds is 5. The second-order valence-corrected chi connectivity index (χ2v) is 3.68. The highest BCUT2D eigenvalue weighted by Crippen LogP contribution is 2.19. The average molecular weight is 225 g/mol. The Morgan fingerprint density at radius 1 is 1.69 bits per heavy atom. The maximum atomic E-state index is 11.4. The third-order valence-electron chi connectivity index (χ3n) is 2.24. The molecule has 6 heteroatoms. The monoisotopic (exact) mass is 225 g/mol. The van der Waals surface area contributed by atoms with E-state index in [2.05, 4.69) is 17.3 Å². The third kappa shape index (κ3) is 2.88. The Labute approximate surface area is 95.4 Å². The van der Waals surface area contributed by atoms with E-state index in [0.29, 0.717) is 11.5 Å². The molecule has 0 atom stereocenters. The lowest BCUT2D eigenvalue weighted by atomic mass is 10.3. The standard InChI is InChI=1S/C10H19N5O/c1-4-5-15(7-9(16)12-2)10-8(11)6-14(3)13-10/h6H,4-5,7,11H2,1-3H3,(H,12,16). The van der Waals surface area contributed by atoms with Crippen LogP contribution in [0, 0.1) is 0 Å². The van der Waals surface area contributed by atoms with Crippen molar-refractivity contribution in [3.8, 4) is 0 Å². The zero-order chi connectivity index (χ0) is 12.1. The summed E-state index contributed by atoms with van der Waals surface area (Å²) in [6.07, 6.45) is 2.68. The Hall–Kier alpha value is -1.72. The van der Waals surface area contributed by atoms with Crippen molar-refractivity contribution in [1.29, 1.82) is 0 Å². The highest BCUT2D eigenvalue weighted by atomic mass is 16.1. The first-order chi connectivity index (χ1) is 7.58. The maximum Gasteiger partial charge on any atom is 0.239 e. The van der Waals surface area contributed by atoms with E-state index in [0.717, 1.165) is 13.0 Å². The Morgan fingerprint density at radius 2 is 2.38 bits per heavy atom. The molecule has 0 aliphatic heterocycles. The summed E-state index contributed by atoms with van der Waals surface area (Å²) in [5.74, 6) is 0.631. The molecule has 0 bridgehead atoms. The van der Waals surface area contributed by atoms with Crippen molar-refractivity contribution >= 4 is 17.4 Å². The molecule has 3 N–H and O–H groups in total. The zero-order valence-electron chi connectivity index (χ0n) is 10.0. The lowest BCUT2D eigenvalue weighted by Gasteiger charge is -2.21. The maximum absolute atomic E-state index is 11.4. The number of hydrogen-bond acceptors (Lipinski definition) is 4. The van der Waals surface area contributed by atoms with Crippen LogP contribution in [0.25, 0.3) is 0 Å². The number of nitrogens with two attached hydrogens (primary N) is 1. The highest BCUT2D eigenvalue weighted by Gasteiger charge is 2.15. The number of aromatic nitrogens is 2. The molecule has 0 spiro atoms. The van der Waals surface area contributed by atoms with Crippen LogP contribution < -0.4 is 16.0 Å². The van der Waals surface area contributed by atoms with Crippen LogP contribution in [-0.2, 0) is 11.8 Å². The van der Waals surface area contributed by atoms with Crippen LogP contribution in [0.4, 0.5) is 11.5 Å². The van der Waals surface area contributed by atoms with Gasteiger partial charge in [-0.3, -0.25) is 9.48 Å². The number of nitrogens with zero attached hydrogens (tertiary/aromatic N) is 3. The molecule has 6 nitrogen and oxygen atoms in total. The number of aryl methyl sites for hydroxylation is 1. The lowest BCUT2D eigenvalue weighted by molar-refractivity contribution is -0.119. The molecule has 90 valence electrons. The van der Waals surface area contributed by atoms with Crippen molar-refractivity contribution < 1.29 is 4.79 Å². The van der Waals surface area contributed by atoms with Crippen LogP contribution in [0.5, 0.6) is 0 Å². The summed E-state index contributed by atoms with van der Waals surface area (Å²) < 4.78 is 1.65. The molecule has 0 radical (unpaired) electrons. The smallest absolute Gasteiger partial charge is 0.239 e. The Kier molecular flexibility index (Phi) is 4.16. The van der Waals surface area contributed by atoms with Gasteiger partial charge >= 0.3 is 0 Å². The molecular formula is C10H19N5O. The molecule has 1 aromatic heterocycles. The Bertz CT molecular complexity index is 360. The molecule has 1 rings (SSSR count). The van der Waals surface area contributed by atoms with Crippen LogP contribution in [0.2, 0.25) is 0 Å². The van der Waals surface area contributed by atoms with Gasteiger partial charge in [-0.2, -0.15) is 5.10 Å². The van der Waals surface area contributed by atoms with Gasteiger partial charge in [-0.1, -0.05) is 6.92 Å². The van der Waals surface area contributed by atoms with E-state index in [1.807, 2.05) is 11.9 Å². The predicted molar refractivity (Wildman–Crippen MR) is 64.2 cm³/mol. The van der Waals surface area contributed by atoms with Crippen LogP contribution in [-0.4, -0.2) is 35.8 Å².